The average molecular weight is 179 g/mol. The Kier molecular flexibility index (Phi) is 2.21. The van der Waals surface area contributed by atoms with E-state index in [1.807, 2.05) is 0 Å². The molecule has 0 aliphatic carbocycles. The van der Waals surface area contributed by atoms with Crippen molar-refractivity contribution in [2.75, 3.05) is 0 Å². The van der Waals surface area contributed by atoms with Crippen LogP contribution < -0.4 is 11.2 Å². The maximum absolute atomic E-state index is 10.3. The van der Waals surface area contributed by atoms with Gasteiger partial charge < -0.3 is 15.7 Å². The molecule has 1 aliphatic rings. The molecule has 1 fully saturated rings. The zero-order chi connectivity index (χ0) is 8.43. The van der Waals surface area contributed by atoms with Crippen molar-refractivity contribution < 1.29 is 14.7 Å². The van der Waals surface area contributed by atoms with Crippen LogP contribution in [0.5, 0.6) is 0 Å². The molecule has 0 saturated carbocycles. The first kappa shape index (κ1) is 8.16. The SMILES string of the molecule is NC(C(=O)O)=C1CC(Cl)NO1. The highest BCUT2D eigenvalue weighted by Gasteiger charge is 2.23. The van der Waals surface area contributed by atoms with Gasteiger partial charge in [0.2, 0.25) is 0 Å². The van der Waals surface area contributed by atoms with Crippen LogP contribution in [0, 0.1) is 0 Å². The van der Waals surface area contributed by atoms with Crippen LogP contribution in [0.1, 0.15) is 6.42 Å². The summed E-state index contributed by atoms with van der Waals surface area (Å²) in [7, 11) is 0. The number of alkyl halides is 1. The van der Waals surface area contributed by atoms with Gasteiger partial charge in [0.1, 0.15) is 5.50 Å². The van der Waals surface area contributed by atoms with Crippen molar-refractivity contribution in [3.63, 3.8) is 0 Å². The van der Waals surface area contributed by atoms with E-state index in [1.165, 1.54) is 0 Å². The molecule has 0 spiro atoms. The number of nitrogens with two attached hydrogens (primary N) is 1. The Hall–Kier alpha value is -0.940. The van der Waals surface area contributed by atoms with Crippen LogP contribution in [-0.2, 0) is 9.63 Å². The van der Waals surface area contributed by atoms with Crippen molar-refractivity contribution in [1.29, 1.82) is 0 Å². The van der Waals surface area contributed by atoms with Gasteiger partial charge in [-0.3, -0.25) is 0 Å². The Morgan fingerprint density at radius 1 is 1.91 bits per heavy atom. The molecule has 11 heavy (non-hydrogen) atoms. The molecular formula is C5H7ClN2O3. The van der Waals surface area contributed by atoms with Crippen molar-refractivity contribution in [2.45, 2.75) is 11.9 Å². The first-order chi connectivity index (χ1) is 5.11. The number of halogens is 1. The fraction of sp³-hybridized carbons (Fsp3) is 0.400. The molecule has 62 valence electrons. The van der Waals surface area contributed by atoms with Crippen molar-refractivity contribution in [1.82, 2.24) is 5.48 Å². The van der Waals surface area contributed by atoms with Crippen LogP contribution in [0.15, 0.2) is 11.5 Å². The minimum absolute atomic E-state index is 0.178. The Morgan fingerprint density at radius 2 is 2.55 bits per heavy atom. The van der Waals surface area contributed by atoms with Gasteiger partial charge in [-0.25, -0.2) is 4.79 Å². The normalized spacial score (nSPS) is 27.9. The summed E-state index contributed by atoms with van der Waals surface area (Å²) in [4.78, 5) is 14.9. The molecule has 1 aliphatic heterocycles. The van der Waals surface area contributed by atoms with E-state index < -0.39 is 11.5 Å². The molecule has 1 rings (SSSR count). The quantitative estimate of drug-likeness (QED) is 0.293. The lowest BCUT2D eigenvalue weighted by atomic mass is 10.3. The van der Waals surface area contributed by atoms with Crippen molar-refractivity contribution in [3.05, 3.63) is 11.5 Å². The van der Waals surface area contributed by atoms with Gasteiger partial charge in [0.05, 0.1) is 0 Å². The smallest absolute Gasteiger partial charge is 0.355 e. The summed E-state index contributed by atoms with van der Waals surface area (Å²) >= 11 is 5.54. The molecule has 0 aromatic heterocycles. The fourth-order valence-electron chi connectivity index (χ4n) is 0.665. The summed E-state index contributed by atoms with van der Waals surface area (Å²) < 4.78 is 0. The van der Waals surface area contributed by atoms with Crippen LogP contribution in [0.3, 0.4) is 0 Å². The average Bonchev–Trinajstić information content (AvgIpc) is 2.34. The number of hydrogen-bond donors (Lipinski definition) is 3. The Bertz CT molecular complexity index is 216. The van der Waals surface area contributed by atoms with Crippen LogP contribution in [-0.4, -0.2) is 16.6 Å². The molecular weight excluding hydrogens is 172 g/mol. The largest absolute Gasteiger partial charge is 0.476 e. The molecule has 1 atom stereocenters. The van der Waals surface area contributed by atoms with Gasteiger partial charge in [0.25, 0.3) is 0 Å². The highest BCUT2D eigenvalue weighted by Crippen LogP contribution is 2.18. The number of aliphatic carboxylic acids is 1. The maximum atomic E-state index is 10.3. The third-order valence-corrected chi connectivity index (χ3v) is 1.45. The minimum atomic E-state index is -1.20. The van der Waals surface area contributed by atoms with Gasteiger partial charge in [-0.15, -0.1) is 17.1 Å². The predicted octanol–water partition coefficient (Wildman–Crippen LogP) is -0.269. The third kappa shape index (κ3) is 1.75. The molecule has 0 bridgehead atoms. The molecule has 6 heteroatoms. The molecule has 1 unspecified atom stereocenters. The summed E-state index contributed by atoms with van der Waals surface area (Å²) in [6.45, 7) is 0. The van der Waals surface area contributed by atoms with Crippen molar-refractivity contribution >= 4 is 17.6 Å². The van der Waals surface area contributed by atoms with E-state index in [9.17, 15) is 4.79 Å². The van der Waals surface area contributed by atoms with Gasteiger partial charge in [0, 0.05) is 6.42 Å². The van der Waals surface area contributed by atoms with Crippen molar-refractivity contribution in [3.8, 4) is 0 Å². The van der Waals surface area contributed by atoms with E-state index in [0.717, 1.165) is 0 Å². The number of rotatable bonds is 1. The van der Waals surface area contributed by atoms with E-state index in [4.69, 9.17) is 22.4 Å². The van der Waals surface area contributed by atoms with E-state index in [0.29, 0.717) is 6.42 Å². The van der Waals surface area contributed by atoms with Crippen LogP contribution in [0.25, 0.3) is 0 Å². The van der Waals surface area contributed by atoms with Crippen molar-refractivity contribution in [2.24, 2.45) is 5.73 Å². The molecule has 0 radical (unpaired) electrons. The van der Waals surface area contributed by atoms with Gasteiger partial charge in [-0.2, -0.15) is 0 Å². The molecule has 5 nitrogen and oxygen atoms in total. The molecule has 4 N–H and O–H groups in total. The van der Waals surface area contributed by atoms with Gasteiger partial charge in [0.15, 0.2) is 11.5 Å². The zero-order valence-electron chi connectivity index (χ0n) is 5.50. The summed E-state index contributed by atoms with van der Waals surface area (Å²) in [5.41, 5.74) is 6.80. The number of carbonyl (C=O) groups is 1. The Morgan fingerprint density at radius 3 is 2.91 bits per heavy atom. The van der Waals surface area contributed by atoms with E-state index in [2.05, 4.69) is 10.3 Å². The highest BCUT2D eigenvalue weighted by atomic mass is 35.5. The second-order valence-electron chi connectivity index (χ2n) is 2.03. The van der Waals surface area contributed by atoms with Gasteiger partial charge in [-0.1, -0.05) is 0 Å². The van der Waals surface area contributed by atoms with E-state index >= 15 is 0 Å². The fourth-order valence-corrected chi connectivity index (χ4v) is 0.850. The lowest BCUT2D eigenvalue weighted by Gasteiger charge is -1.97. The standard InChI is InChI=1S/C5H7ClN2O3/c6-3-1-2(11-8-3)4(7)5(9)10/h3,8H,1,7H2,(H,9,10). The summed E-state index contributed by atoms with van der Waals surface area (Å²) in [6.07, 6.45) is 0.291. The van der Waals surface area contributed by atoms with Gasteiger partial charge in [-0.05, 0) is 0 Å². The predicted molar refractivity (Wildman–Crippen MR) is 37.3 cm³/mol. The second-order valence-corrected chi connectivity index (χ2v) is 2.56. The Balaban J connectivity index is 2.73. The number of carboxylic acids is 1. The zero-order valence-corrected chi connectivity index (χ0v) is 6.26. The van der Waals surface area contributed by atoms with Gasteiger partial charge >= 0.3 is 5.97 Å². The first-order valence-electron chi connectivity index (χ1n) is 2.89. The van der Waals surface area contributed by atoms with Crippen LogP contribution in [0.4, 0.5) is 0 Å². The van der Waals surface area contributed by atoms with E-state index in [1.54, 1.807) is 0 Å². The Labute approximate surface area is 67.7 Å². The number of hydroxylamine groups is 1. The maximum Gasteiger partial charge on any atom is 0.355 e. The molecule has 0 amide bonds. The number of carboxylic acid groups (broad SMARTS) is 1. The third-order valence-electron chi connectivity index (χ3n) is 1.21. The topological polar surface area (TPSA) is 84.6 Å². The molecule has 1 saturated heterocycles. The molecule has 0 aromatic rings. The summed E-state index contributed by atoms with van der Waals surface area (Å²) in [6, 6.07) is 0. The lowest BCUT2D eigenvalue weighted by molar-refractivity contribution is -0.133. The summed E-state index contributed by atoms with van der Waals surface area (Å²) in [5.74, 6) is -1.02. The molecule has 1 heterocycles. The first-order valence-corrected chi connectivity index (χ1v) is 3.33. The number of hydrogen-bond acceptors (Lipinski definition) is 4. The number of nitrogens with one attached hydrogen (secondary N) is 1. The summed E-state index contributed by atoms with van der Waals surface area (Å²) in [5, 5.41) is 8.39. The van der Waals surface area contributed by atoms with Crippen LogP contribution in [0.2, 0.25) is 0 Å². The lowest BCUT2D eigenvalue weighted by Crippen LogP contribution is -2.14. The minimum Gasteiger partial charge on any atom is -0.476 e. The molecule has 0 aromatic carbocycles. The second kappa shape index (κ2) is 2.98. The van der Waals surface area contributed by atoms with Crippen LogP contribution >= 0.6 is 11.6 Å². The van der Waals surface area contributed by atoms with E-state index in [-0.39, 0.29) is 11.5 Å². The highest BCUT2D eigenvalue weighted by molar-refractivity contribution is 6.20. The monoisotopic (exact) mass is 178 g/mol.